The number of hydrogen-bond donors (Lipinski definition) is 3. The fourth-order valence-corrected chi connectivity index (χ4v) is 3.47. The van der Waals surface area contributed by atoms with Crippen LogP contribution >= 0.6 is 7.60 Å². The van der Waals surface area contributed by atoms with Crippen molar-refractivity contribution in [3.8, 4) is 0 Å². The van der Waals surface area contributed by atoms with Crippen molar-refractivity contribution in [2.45, 2.75) is 70.4 Å². The van der Waals surface area contributed by atoms with Crippen molar-refractivity contribution >= 4 is 13.6 Å². The minimum absolute atomic E-state index is 0.0621. The monoisotopic (exact) mass is 280 g/mol. The summed E-state index contributed by atoms with van der Waals surface area (Å²) in [6.45, 7) is 3.92. The summed E-state index contributed by atoms with van der Waals surface area (Å²) >= 11 is 0. The van der Waals surface area contributed by atoms with Crippen molar-refractivity contribution < 1.29 is 24.3 Å². The molecule has 0 saturated carbocycles. The number of unbranched alkanes of at least 4 members (excludes halogenated alkanes) is 2. The molecule has 0 saturated heterocycles. The number of carbonyl (C=O) groups is 1. The lowest BCUT2D eigenvalue weighted by Crippen LogP contribution is -2.30. The van der Waals surface area contributed by atoms with E-state index in [1.165, 1.54) is 0 Å². The summed E-state index contributed by atoms with van der Waals surface area (Å²) in [5.74, 6) is -0.999. The van der Waals surface area contributed by atoms with E-state index in [1.54, 1.807) is 0 Å². The van der Waals surface area contributed by atoms with E-state index >= 15 is 0 Å². The number of rotatable bonds is 10. The molecule has 0 aliphatic carbocycles. The Morgan fingerprint density at radius 3 is 1.78 bits per heavy atom. The topological polar surface area (TPSA) is 94.8 Å². The van der Waals surface area contributed by atoms with Crippen LogP contribution in [0.4, 0.5) is 0 Å². The molecule has 0 fully saturated rings. The molecule has 0 aliphatic heterocycles. The first-order chi connectivity index (χ1) is 8.29. The van der Waals surface area contributed by atoms with Gasteiger partial charge in [-0.25, -0.2) is 0 Å². The van der Waals surface area contributed by atoms with E-state index in [1.807, 2.05) is 13.8 Å². The third kappa shape index (κ3) is 5.51. The number of carboxylic acids is 1. The molecule has 0 rings (SSSR count). The molecule has 0 amide bonds. The summed E-state index contributed by atoms with van der Waals surface area (Å²) < 4.78 is 11.8. The highest BCUT2D eigenvalue weighted by atomic mass is 31.2. The minimum Gasteiger partial charge on any atom is -0.481 e. The van der Waals surface area contributed by atoms with Crippen LogP contribution in [0.1, 0.15) is 65.2 Å². The Balaban J connectivity index is 4.99. The highest BCUT2D eigenvalue weighted by Crippen LogP contribution is 2.58. The van der Waals surface area contributed by atoms with E-state index < -0.39 is 18.7 Å². The van der Waals surface area contributed by atoms with E-state index in [4.69, 9.17) is 5.11 Å². The van der Waals surface area contributed by atoms with Gasteiger partial charge in [-0.1, -0.05) is 39.5 Å². The van der Waals surface area contributed by atoms with Gasteiger partial charge < -0.3 is 14.9 Å². The van der Waals surface area contributed by atoms with Crippen LogP contribution in [0.3, 0.4) is 0 Å². The van der Waals surface area contributed by atoms with Gasteiger partial charge in [0.05, 0.1) is 5.16 Å². The van der Waals surface area contributed by atoms with Crippen molar-refractivity contribution in [3.63, 3.8) is 0 Å². The average Bonchev–Trinajstić information content (AvgIpc) is 2.26. The smallest absolute Gasteiger partial charge is 0.331 e. The third-order valence-corrected chi connectivity index (χ3v) is 5.32. The zero-order chi connectivity index (χ0) is 14.2. The molecule has 0 aromatic heterocycles. The van der Waals surface area contributed by atoms with Gasteiger partial charge in [-0.3, -0.25) is 9.36 Å². The first-order valence-electron chi connectivity index (χ1n) is 6.56. The number of carboxylic acid groups (broad SMARTS) is 1. The van der Waals surface area contributed by atoms with Crippen molar-refractivity contribution in [1.82, 2.24) is 0 Å². The van der Waals surface area contributed by atoms with Gasteiger partial charge in [0.25, 0.3) is 0 Å². The molecule has 6 heteroatoms. The van der Waals surface area contributed by atoms with Crippen molar-refractivity contribution in [3.05, 3.63) is 0 Å². The molecule has 0 unspecified atom stereocenters. The first-order valence-corrected chi connectivity index (χ1v) is 8.17. The van der Waals surface area contributed by atoms with E-state index in [2.05, 4.69) is 0 Å². The Morgan fingerprint density at radius 2 is 1.50 bits per heavy atom. The summed E-state index contributed by atoms with van der Waals surface area (Å²) in [6.07, 6.45) is 3.82. The van der Waals surface area contributed by atoms with Crippen LogP contribution in [0.2, 0.25) is 0 Å². The van der Waals surface area contributed by atoms with Gasteiger partial charge >= 0.3 is 13.6 Å². The molecule has 18 heavy (non-hydrogen) atoms. The zero-order valence-electron chi connectivity index (χ0n) is 11.3. The lowest BCUT2D eigenvalue weighted by atomic mass is 9.90. The maximum atomic E-state index is 11.8. The van der Waals surface area contributed by atoms with Crippen LogP contribution in [0.15, 0.2) is 0 Å². The minimum atomic E-state index is -4.29. The molecular formula is C12H25O5P. The fourth-order valence-electron chi connectivity index (χ4n) is 2.16. The highest BCUT2D eigenvalue weighted by Gasteiger charge is 2.45. The van der Waals surface area contributed by atoms with Gasteiger partial charge in [0, 0.05) is 6.42 Å². The molecule has 108 valence electrons. The quantitative estimate of drug-likeness (QED) is 0.534. The molecule has 0 aromatic rings. The van der Waals surface area contributed by atoms with E-state index in [0.29, 0.717) is 25.7 Å². The van der Waals surface area contributed by atoms with E-state index in [9.17, 15) is 19.1 Å². The van der Waals surface area contributed by atoms with Gasteiger partial charge in [0.2, 0.25) is 0 Å². The summed E-state index contributed by atoms with van der Waals surface area (Å²) in [5, 5.41) is 7.60. The highest BCUT2D eigenvalue weighted by molar-refractivity contribution is 7.53. The summed E-state index contributed by atoms with van der Waals surface area (Å²) in [5.41, 5.74) is 0. The van der Waals surface area contributed by atoms with Gasteiger partial charge in [-0.2, -0.15) is 0 Å². The average molecular weight is 280 g/mol. The Hall–Kier alpha value is -0.380. The fraction of sp³-hybridized carbons (Fsp3) is 0.917. The lowest BCUT2D eigenvalue weighted by Gasteiger charge is -2.34. The second-order valence-electron chi connectivity index (χ2n) is 4.87. The molecular weight excluding hydrogens is 255 g/mol. The molecule has 0 heterocycles. The van der Waals surface area contributed by atoms with Crippen molar-refractivity contribution in [2.24, 2.45) is 0 Å². The molecule has 0 aliphatic rings. The van der Waals surface area contributed by atoms with Crippen LogP contribution in [0.5, 0.6) is 0 Å². The van der Waals surface area contributed by atoms with Crippen LogP contribution in [0.25, 0.3) is 0 Å². The van der Waals surface area contributed by atoms with Crippen LogP contribution in [-0.2, 0) is 9.36 Å². The van der Waals surface area contributed by atoms with Crippen LogP contribution in [-0.4, -0.2) is 26.0 Å². The van der Waals surface area contributed by atoms with Crippen molar-refractivity contribution in [2.75, 3.05) is 0 Å². The molecule has 0 bridgehead atoms. The third-order valence-electron chi connectivity index (χ3n) is 3.41. The normalized spacial score (nSPS) is 12.7. The summed E-state index contributed by atoms with van der Waals surface area (Å²) in [6, 6.07) is 0. The first kappa shape index (κ1) is 17.6. The summed E-state index contributed by atoms with van der Waals surface area (Å²) in [7, 11) is -4.29. The largest absolute Gasteiger partial charge is 0.481 e. The second-order valence-corrected chi connectivity index (χ2v) is 6.91. The molecule has 3 N–H and O–H groups in total. The standard InChI is InChI=1S/C12H25O5P/c1-3-5-8-12(9-6-4-2,18(15,16)17)10-7-11(13)14/h3-10H2,1-2H3,(H,13,14)(H2,15,16,17). The zero-order valence-corrected chi connectivity index (χ0v) is 12.2. The molecule has 0 radical (unpaired) electrons. The Bertz CT molecular complexity index is 289. The lowest BCUT2D eigenvalue weighted by molar-refractivity contribution is -0.137. The second kappa shape index (κ2) is 7.93. The Kier molecular flexibility index (Phi) is 7.76. The van der Waals surface area contributed by atoms with Gasteiger partial charge in [-0.15, -0.1) is 0 Å². The predicted molar refractivity (Wildman–Crippen MR) is 70.7 cm³/mol. The number of hydrogen-bond acceptors (Lipinski definition) is 2. The SMILES string of the molecule is CCCCC(CCCC)(CCC(=O)O)P(=O)(O)O. The predicted octanol–water partition coefficient (Wildman–Crippen LogP) is 3.15. The van der Waals surface area contributed by atoms with Crippen LogP contribution in [0, 0.1) is 0 Å². The molecule has 0 aromatic carbocycles. The van der Waals surface area contributed by atoms with Crippen molar-refractivity contribution in [1.29, 1.82) is 0 Å². The summed E-state index contributed by atoms with van der Waals surface area (Å²) in [4.78, 5) is 29.9. The molecule has 0 atom stereocenters. The maximum Gasteiger partial charge on any atom is 0.331 e. The van der Waals surface area contributed by atoms with E-state index in [0.717, 1.165) is 12.8 Å². The van der Waals surface area contributed by atoms with Gasteiger partial charge in [0.1, 0.15) is 0 Å². The number of aliphatic carboxylic acids is 1. The Labute approximate surface area is 109 Å². The van der Waals surface area contributed by atoms with E-state index in [-0.39, 0.29) is 12.8 Å². The van der Waals surface area contributed by atoms with Crippen LogP contribution < -0.4 is 0 Å². The van der Waals surface area contributed by atoms with Gasteiger partial charge in [0.15, 0.2) is 0 Å². The Morgan fingerprint density at radius 1 is 1.06 bits per heavy atom. The molecule has 0 spiro atoms. The maximum absolute atomic E-state index is 11.8. The van der Waals surface area contributed by atoms with Gasteiger partial charge in [-0.05, 0) is 19.3 Å². The molecule has 5 nitrogen and oxygen atoms in total.